The summed E-state index contributed by atoms with van der Waals surface area (Å²) in [6.45, 7) is 0.642. The van der Waals surface area contributed by atoms with Crippen LogP contribution in [0.15, 0.2) is 66.9 Å². The van der Waals surface area contributed by atoms with E-state index < -0.39 is 11.7 Å². The maximum absolute atomic E-state index is 13.4. The Bertz CT molecular complexity index is 1220. The molecular formula is C22H16FN5O. The zero-order chi connectivity index (χ0) is 19.8. The van der Waals surface area contributed by atoms with Gasteiger partial charge >= 0.3 is 0 Å². The van der Waals surface area contributed by atoms with Gasteiger partial charge in [-0.25, -0.2) is 14.4 Å². The molecule has 2 aromatic carbocycles. The number of hydrogen-bond donors (Lipinski definition) is 1. The number of carbonyl (C=O) groups is 1. The third-order valence-corrected chi connectivity index (χ3v) is 4.83. The largest absolute Gasteiger partial charge is 0.320 e. The van der Waals surface area contributed by atoms with Crippen LogP contribution in [-0.2, 0) is 13.0 Å². The van der Waals surface area contributed by atoms with Crippen molar-refractivity contribution in [2.75, 3.05) is 5.32 Å². The van der Waals surface area contributed by atoms with Gasteiger partial charge in [0.05, 0.1) is 11.4 Å². The molecule has 0 spiro atoms. The smallest absolute Gasteiger partial charge is 0.276 e. The minimum atomic E-state index is -0.411. The van der Waals surface area contributed by atoms with Gasteiger partial charge in [0.15, 0.2) is 11.5 Å². The standard InChI is InChI=1S/C22H16FN5O/c23-16-7-4-8-17(11-16)25-22(29)18-12-19-20-15(9-10-28(19)27-18)13-24-21(26-20)14-5-2-1-3-6-14/h1-8,11-13H,9-10H2,(H,25,29). The van der Waals surface area contributed by atoms with Crippen LogP contribution in [0.4, 0.5) is 10.1 Å². The number of fused-ring (bicyclic) bond motifs is 3. The zero-order valence-corrected chi connectivity index (χ0v) is 15.3. The van der Waals surface area contributed by atoms with Crippen molar-refractivity contribution in [3.63, 3.8) is 0 Å². The lowest BCUT2D eigenvalue weighted by Crippen LogP contribution is -2.15. The van der Waals surface area contributed by atoms with Crippen molar-refractivity contribution in [3.05, 3.63) is 83.9 Å². The van der Waals surface area contributed by atoms with E-state index in [1.807, 2.05) is 36.5 Å². The maximum atomic E-state index is 13.4. The Labute approximate surface area is 166 Å². The Morgan fingerprint density at radius 2 is 1.93 bits per heavy atom. The number of anilines is 1. The summed E-state index contributed by atoms with van der Waals surface area (Å²) in [6.07, 6.45) is 2.58. The van der Waals surface area contributed by atoms with E-state index in [9.17, 15) is 9.18 Å². The lowest BCUT2D eigenvalue weighted by Gasteiger charge is -2.17. The van der Waals surface area contributed by atoms with Gasteiger partial charge in [-0.1, -0.05) is 36.4 Å². The first-order valence-electron chi connectivity index (χ1n) is 9.24. The van der Waals surface area contributed by atoms with E-state index in [0.717, 1.165) is 28.9 Å². The highest BCUT2D eigenvalue weighted by Gasteiger charge is 2.23. The Morgan fingerprint density at radius 3 is 2.76 bits per heavy atom. The third-order valence-electron chi connectivity index (χ3n) is 4.83. The average molecular weight is 385 g/mol. The fourth-order valence-corrected chi connectivity index (χ4v) is 3.41. The highest BCUT2D eigenvalue weighted by atomic mass is 19.1. The molecule has 0 bridgehead atoms. The number of nitrogens with one attached hydrogen (secondary N) is 1. The molecular weight excluding hydrogens is 369 g/mol. The number of hydrogen-bond acceptors (Lipinski definition) is 4. The molecule has 0 radical (unpaired) electrons. The Balaban J connectivity index is 1.49. The molecule has 1 N–H and O–H groups in total. The van der Waals surface area contributed by atoms with E-state index >= 15 is 0 Å². The van der Waals surface area contributed by atoms with E-state index in [-0.39, 0.29) is 5.69 Å². The molecule has 0 atom stereocenters. The number of carbonyl (C=O) groups excluding carboxylic acids is 1. The molecule has 1 aliphatic rings. The number of amides is 1. The first-order chi connectivity index (χ1) is 14.2. The summed E-state index contributed by atoms with van der Waals surface area (Å²) in [4.78, 5) is 21.8. The number of rotatable bonds is 3. The lowest BCUT2D eigenvalue weighted by atomic mass is 10.1. The Kier molecular flexibility index (Phi) is 4.13. The Morgan fingerprint density at radius 1 is 1.07 bits per heavy atom. The summed E-state index contributed by atoms with van der Waals surface area (Å²) in [6, 6.07) is 17.2. The second-order valence-electron chi connectivity index (χ2n) is 6.79. The molecule has 6 nitrogen and oxygen atoms in total. The number of nitrogens with zero attached hydrogens (tertiary/aromatic N) is 4. The summed E-state index contributed by atoms with van der Waals surface area (Å²) in [5.74, 6) is -0.174. The predicted molar refractivity (Wildman–Crippen MR) is 107 cm³/mol. The van der Waals surface area contributed by atoms with Gasteiger partial charge in [0.2, 0.25) is 0 Å². The van der Waals surface area contributed by atoms with Gasteiger partial charge in [-0.2, -0.15) is 5.10 Å². The molecule has 4 aromatic rings. The van der Waals surface area contributed by atoms with E-state index in [4.69, 9.17) is 4.98 Å². The molecule has 7 heteroatoms. The third kappa shape index (κ3) is 3.27. The van der Waals surface area contributed by atoms with Crippen LogP contribution in [0.2, 0.25) is 0 Å². The minimum Gasteiger partial charge on any atom is -0.320 e. The number of halogens is 1. The van der Waals surface area contributed by atoms with Crippen molar-refractivity contribution in [1.29, 1.82) is 0 Å². The highest BCUT2D eigenvalue weighted by Crippen LogP contribution is 2.29. The highest BCUT2D eigenvalue weighted by molar-refractivity contribution is 6.03. The topological polar surface area (TPSA) is 72.7 Å². The van der Waals surface area contributed by atoms with Crippen LogP contribution in [-0.4, -0.2) is 25.7 Å². The minimum absolute atomic E-state index is 0.261. The van der Waals surface area contributed by atoms with Crippen LogP contribution >= 0.6 is 0 Å². The Hall–Kier alpha value is -3.87. The number of aryl methyl sites for hydroxylation is 2. The summed E-state index contributed by atoms with van der Waals surface area (Å²) in [5.41, 5.74) is 4.15. The van der Waals surface area contributed by atoms with E-state index in [2.05, 4.69) is 15.4 Å². The second kappa shape index (κ2) is 6.94. The summed E-state index contributed by atoms with van der Waals surface area (Å²) in [5, 5.41) is 7.10. The van der Waals surface area contributed by atoms with E-state index in [1.165, 1.54) is 12.1 Å². The van der Waals surface area contributed by atoms with Crippen LogP contribution in [0.5, 0.6) is 0 Å². The number of benzene rings is 2. The van der Waals surface area contributed by atoms with Crippen LogP contribution < -0.4 is 5.32 Å². The quantitative estimate of drug-likeness (QED) is 0.580. The zero-order valence-electron chi connectivity index (χ0n) is 15.3. The average Bonchev–Trinajstić information content (AvgIpc) is 3.19. The molecule has 1 amide bonds. The van der Waals surface area contributed by atoms with Crippen molar-refractivity contribution < 1.29 is 9.18 Å². The van der Waals surface area contributed by atoms with Gasteiger partial charge in [0, 0.05) is 29.6 Å². The van der Waals surface area contributed by atoms with Crippen molar-refractivity contribution >= 4 is 11.6 Å². The predicted octanol–water partition coefficient (Wildman–Crippen LogP) is 3.95. The SMILES string of the molecule is O=C(Nc1cccc(F)c1)c1cc2n(n1)CCc1cnc(-c3ccccc3)nc1-2. The molecule has 29 heavy (non-hydrogen) atoms. The van der Waals surface area contributed by atoms with Crippen LogP contribution in [0, 0.1) is 5.82 Å². The molecule has 1 aliphatic heterocycles. The summed E-state index contributed by atoms with van der Waals surface area (Å²) in [7, 11) is 0. The molecule has 3 heterocycles. The van der Waals surface area contributed by atoms with Crippen molar-refractivity contribution in [2.45, 2.75) is 13.0 Å². The van der Waals surface area contributed by atoms with Crippen molar-refractivity contribution in [1.82, 2.24) is 19.7 Å². The van der Waals surface area contributed by atoms with Gasteiger partial charge in [-0.05, 0) is 30.7 Å². The van der Waals surface area contributed by atoms with Gasteiger partial charge in [0.1, 0.15) is 5.82 Å². The monoisotopic (exact) mass is 385 g/mol. The molecule has 0 fully saturated rings. The molecule has 142 valence electrons. The van der Waals surface area contributed by atoms with Gasteiger partial charge in [-0.3, -0.25) is 9.48 Å². The maximum Gasteiger partial charge on any atom is 0.276 e. The van der Waals surface area contributed by atoms with Crippen molar-refractivity contribution in [3.8, 4) is 22.8 Å². The van der Waals surface area contributed by atoms with Crippen LogP contribution in [0.3, 0.4) is 0 Å². The van der Waals surface area contributed by atoms with Gasteiger partial charge < -0.3 is 5.32 Å². The molecule has 2 aromatic heterocycles. The normalized spacial score (nSPS) is 12.2. The molecule has 0 saturated heterocycles. The van der Waals surface area contributed by atoms with Crippen molar-refractivity contribution in [2.24, 2.45) is 0 Å². The summed E-state index contributed by atoms with van der Waals surface area (Å²) < 4.78 is 15.1. The molecule has 5 rings (SSSR count). The number of aromatic nitrogens is 4. The van der Waals surface area contributed by atoms with Crippen LogP contribution in [0.1, 0.15) is 16.1 Å². The first kappa shape index (κ1) is 17.2. The molecule has 0 saturated carbocycles. The van der Waals surface area contributed by atoms with E-state index in [1.54, 1.807) is 22.9 Å². The van der Waals surface area contributed by atoms with Crippen LogP contribution in [0.25, 0.3) is 22.8 Å². The summed E-state index contributed by atoms with van der Waals surface area (Å²) >= 11 is 0. The van der Waals surface area contributed by atoms with Gasteiger partial charge in [0.25, 0.3) is 5.91 Å². The fourth-order valence-electron chi connectivity index (χ4n) is 3.41. The lowest BCUT2D eigenvalue weighted by molar-refractivity contribution is 0.102. The molecule has 0 aliphatic carbocycles. The van der Waals surface area contributed by atoms with Gasteiger partial charge in [-0.15, -0.1) is 0 Å². The van der Waals surface area contributed by atoms with E-state index in [0.29, 0.717) is 18.1 Å². The fraction of sp³-hybridized carbons (Fsp3) is 0.0909. The first-order valence-corrected chi connectivity index (χ1v) is 9.24. The molecule has 0 unspecified atom stereocenters. The second-order valence-corrected chi connectivity index (χ2v) is 6.79.